The highest BCUT2D eigenvalue weighted by Crippen LogP contribution is 2.31. The van der Waals surface area contributed by atoms with Gasteiger partial charge in [-0.05, 0) is 25.2 Å². The molecular weight excluding hydrogens is 277 g/mol. The van der Waals surface area contributed by atoms with Crippen LogP contribution in [0.5, 0.6) is 0 Å². The molecule has 0 aliphatic heterocycles. The van der Waals surface area contributed by atoms with Crippen molar-refractivity contribution in [2.75, 3.05) is 6.54 Å². The Bertz CT molecular complexity index is 387. The largest absolute Gasteiger partial charge is 0.479 e. The molecule has 3 unspecified atom stereocenters. The van der Waals surface area contributed by atoms with Crippen molar-refractivity contribution in [2.24, 2.45) is 11.8 Å². The van der Waals surface area contributed by atoms with Crippen LogP contribution in [0.2, 0.25) is 0 Å². The number of hydrogen-bond acceptors (Lipinski definition) is 2. The van der Waals surface area contributed by atoms with Gasteiger partial charge >= 0.3 is 18.2 Å². The number of carbonyl (C=O) groups is 2. The lowest BCUT2D eigenvalue weighted by Crippen LogP contribution is -2.63. The van der Waals surface area contributed by atoms with Gasteiger partial charge in [-0.25, -0.2) is 9.59 Å². The smallest absolute Gasteiger partial charge is 0.422 e. The molecule has 0 spiro atoms. The summed E-state index contributed by atoms with van der Waals surface area (Å²) in [6.07, 6.45) is -2.10. The predicted octanol–water partition coefficient (Wildman–Crippen LogP) is 2.13. The highest BCUT2D eigenvalue weighted by Gasteiger charge is 2.58. The molecule has 5 nitrogen and oxygen atoms in total. The first-order valence-electron chi connectivity index (χ1n) is 6.44. The molecule has 1 fully saturated rings. The van der Waals surface area contributed by atoms with Crippen molar-refractivity contribution in [1.82, 2.24) is 10.6 Å². The molecule has 3 atom stereocenters. The Balaban J connectivity index is 2.57. The summed E-state index contributed by atoms with van der Waals surface area (Å²) in [5.74, 6) is -1.51. The van der Waals surface area contributed by atoms with Crippen LogP contribution in [0.4, 0.5) is 18.0 Å². The lowest BCUT2D eigenvalue weighted by atomic mass is 9.98. The third-order valence-electron chi connectivity index (χ3n) is 3.92. The van der Waals surface area contributed by atoms with Crippen LogP contribution >= 0.6 is 0 Å². The van der Waals surface area contributed by atoms with E-state index in [1.54, 1.807) is 0 Å². The fourth-order valence-electron chi connectivity index (χ4n) is 2.27. The maximum absolute atomic E-state index is 12.7. The zero-order valence-corrected chi connectivity index (χ0v) is 11.4. The van der Waals surface area contributed by atoms with Crippen LogP contribution in [-0.4, -0.2) is 35.4 Å². The average Bonchev–Trinajstić information content (AvgIpc) is 2.70. The first-order valence-corrected chi connectivity index (χ1v) is 6.44. The van der Waals surface area contributed by atoms with Gasteiger partial charge in [0, 0.05) is 6.54 Å². The van der Waals surface area contributed by atoms with Crippen LogP contribution in [-0.2, 0) is 4.79 Å². The molecule has 8 heteroatoms. The van der Waals surface area contributed by atoms with Crippen LogP contribution in [0.15, 0.2) is 0 Å². The van der Waals surface area contributed by atoms with Crippen molar-refractivity contribution in [3.63, 3.8) is 0 Å². The Morgan fingerprint density at radius 1 is 1.30 bits per heavy atom. The second kappa shape index (κ2) is 5.88. The molecule has 116 valence electrons. The zero-order chi connectivity index (χ0) is 15.6. The number of urea groups is 1. The summed E-state index contributed by atoms with van der Waals surface area (Å²) < 4.78 is 38.1. The minimum absolute atomic E-state index is 0.225. The van der Waals surface area contributed by atoms with Gasteiger partial charge in [0.25, 0.3) is 0 Å². The molecule has 0 bridgehead atoms. The van der Waals surface area contributed by atoms with Crippen LogP contribution in [0.25, 0.3) is 0 Å². The first-order chi connectivity index (χ1) is 9.08. The van der Waals surface area contributed by atoms with Crippen LogP contribution < -0.4 is 10.6 Å². The van der Waals surface area contributed by atoms with E-state index in [-0.39, 0.29) is 12.5 Å². The molecule has 3 N–H and O–H groups in total. The van der Waals surface area contributed by atoms with Gasteiger partial charge in [-0.15, -0.1) is 0 Å². The van der Waals surface area contributed by atoms with E-state index in [2.05, 4.69) is 5.32 Å². The second-order valence-electron chi connectivity index (χ2n) is 5.43. The van der Waals surface area contributed by atoms with Gasteiger partial charge in [0.2, 0.25) is 5.54 Å². The topological polar surface area (TPSA) is 78.4 Å². The number of amides is 2. The summed E-state index contributed by atoms with van der Waals surface area (Å²) in [4.78, 5) is 22.2. The Labute approximate surface area is 114 Å². The van der Waals surface area contributed by atoms with Gasteiger partial charge in [-0.2, -0.15) is 13.2 Å². The van der Waals surface area contributed by atoms with Crippen molar-refractivity contribution in [1.29, 1.82) is 0 Å². The van der Waals surface area contributed by atoms with E-state index in [9.17, 15) is 22.8 Å². The van der Waals surface area contributed by atoms with Gasteiger partial charge in [0.15, 0.2) is 0 Å². The Morgan fingerprint density at radius 3 is 2.30 bits per heavy atom. The second-order valence-corrected chi connectivity index (χ2v) is 5.43. The van der Waals surface area contributed by atoms with Crippen LogP contribution in [0.1, 0.15) is 33.1 Å². The van der Waals surface area contributed by atoms with E-state index < -0.39 is 23.7 Å². The number of carbonyl (C=O) groups excluding carboxylic acids is 1. The number of rotatable bonds is 4. The fraction of sp³-hybridized carbons (Fsp3) is 0.833. The summed E-state index contributed by atoms with van der Waals surface area (Å²) in [6.45, 7) is 2.70. The first kappa shape index (κ1) is 16.6. The van der Waals surface area contributed by atoms with Crippen molar-refractivity contribution >= 4 is 12.0 Å². The van der Waals surface area contributed by atoms with Gasteiger partial charge in [-0.3, -0.25) is 0 Å². The van der Waals surface area contributed by atoms with E-state index >= 15 is 0 Å². The Kier molecular flexibility index (Phi) is 4.88. The fourth-order valence-corrected chi connectivity index (χ4v) is 2.27. The minimum atomic E-state index is -5.07. The molecule has 0 aromatic carbocycles. The maximum atomic E-state index is 12.7. The summed E-state index contributed by atoms with van der Waals surface area (Å²) in [7, 11) is 0. The molecule has 1 aliphatic rings. The van der Waals surface area contributed by atoms with Crippen LogP contribution in [0, 0.1) is 11.8 Å². The molecule has 0 aromatic heterocycles. The molecule has 0 radical (unpaired) electrons. The number of aliphatic carboxylic acids is 1. The van der Waals surface area contributed by atoms with E-state index in [4.69, 9.17) is 5.11 Å². The predicted molar refractivity (Wildman–Crippen MR) is 65.1 cm³/mol. The number of carboxylic acids is 1. The quantitative estimate of drug-likeness (QED) is 0.743. The van der Waals surface area contributed by atoms with Crippen LogP contribution in [0.3, 0.4) is 0 Å². The summed E-state index contributed by atoms with van der Waals surface area (Å²) >= 11 is 0. The highest BCUT2D eigenvalue weighted by atomic mass is 19.4. The van der Waals surface area contributed by atoms with E-state index in [0.29, 0.717) is 12.8 Å². The molecule has 0 aromatic rings. The minimum Gasteiger partial charge on any atom is -0.479 e. The van der Waals surface area contributed by atoms with Crippen molar-refractivity contribution < 1.29 is 27.9 Å². The molecule has 1 aliphatic carbocycles. The molecule has 20 heavy (non-hydrogen) atoms. The standard InChI is InChI=1S/C12H19F3N2O3/c1-7-4-3-5-8(7)6-16-10(20)17-11(2,9(18)19)12(13,14)15/h7-8H,3-6H2,1-2H3,(H,18,19)(H2,16,17,20). The number of hydrogen-bond donors (Lipinski definition) is 3. The van der Waals surface area contributed by atoms with Gasteiger partial charge in [0.05, 0.1) is 0 Å². The number of alkyl halides is 3. The van der Waals surface area contributed by atoms with Crippen molar-refractivity contribution in [2.45, 2.75) is 44.8 Å². The van der Waals surface area contributed by atoms with E-state index in [1.165, 1.54) is 5.32 Å². The van der Waals surface area contributed by atoms with Crippen molar-refractivity contribution in [3.8, 4) is 0 Å². The lowest BCUT2D eigenvalue weighted by Gasteiger charge is -2.29. The Morgan fingerprint density at radius 2 is 1.90 bits per heavy atom. The van der Waals surface area contributed by atoms with Crippen molar-refractivity contribution in [3.05, 3.63) is 0 Å². The zero-order valence-electron chi connectivity index (χ0n) is 11.4. The molecule has 1 rings (SSSR count). The summed E-state index contributed by atoms with van der Waals surface area (Å²) in [5, 5.41) is 12.5. The molecule has 1 saturated carbocycles. The molecular formula is C12H19F3N2O3. The SMILES string of the molecule is CC1CCCC1CNC(=O)NC(C)(C(=O)O)C(F)(F)F. The number of nitrogens with one attached hydrogen (secondary N) is 2. The average molecular weight is 296 g/mol. The maximum Gasteiger partial charge on any atom is 0.422 e. The van der Waals surface area contributed by atoms with E-state index in [1.807, 2.05) is 6.92 Å². The highest BCUT2D eigenvalue weighted by molar-refractivity contribution is 5.86. The lowest BCUT2D eigenvalue weighted by molar-refractivity contribution is -0.203. The van der Waals surface area contributed by atoms with E-state index in [0.717, 1.165) is 19.3 Å². The molecule has 0 heterocycles. The summed E-state index contributed by atoms with van der Waals surface area (Å²) in [6, 6.07) is -1.12. The Hall–Kier alpha value is -1.47. The third kappa shape index (κ3) is 3.55. The number of carboxylic acid groups (broad SMARTS) is 1. The monoisotopic (exact) mass is 296 g/mol. The van der Waals surface area contributed by atoms with Gasteiger partial charge in [-0.1, -0.05) is 19.8 Å². The molecule has 0 saturated heterocycles. The summed E-state index contributed by atoms with van der Waals surface area (Å²) in [5.41, 5.74) is -3.29. The number of halogens is 3. The third-order valence-corrected chi connectivity index (χ3v) is 3.92. The van der Waals surface area contributed by atoms with Gasteiger partial charge in [0.1, 0.15) is 0 Å². The molecule has 2 amide bonds. The van der Waals surface area contributed by atoms with Gasteiger partial charge < -0.3 is 15.7 Å². The normalized spacial score (nSPS) is 25.9.